The van der Waals surface area contributed by atoms with E-state index in [0.717, 1.165) is 30.5 Å². The molecule has 0 aliphatic heterocycles. The summed E-state index contributed by atoms with van der Waals surface area (Å²) < 4.78 is 0. The Morgan fingerprint density at radius 2 is 1.89 bits per heavy atom. The van der Waals surface area contributed by atoms with E-state index in [1.54, 1.807) is 11.3 Å². The second-order valence-corrected chi connectivity index (χ2v) is 6.79. The quantitative estimate of drug-likeness (QED) is 0.857. The van der Waals surface area contributed by atoms with Crippen molar-refractivity contribution < 1.29 is 0 Å². The van der Waals surface area contributed by atoms with E-state index in [0.29, 0.717) is 0 Å². The van der Waals surface area contributed by atoms with Crippen molar-refractivity contribution >= 4 is 16.5 Å². The molecular weight excluding hydrogens is 244 g/mol. The third-order valence-corrected chi connectivity index (χ3v) is 3.55. The number of rotatable bonds is 6. The van der Waals surface area contributed by atoms with E-state index >= 15 is 0 Å². The molecule has 0 radical (unpaired) electrons. The SMILES string of the molecule is CN(C)CCN(C)c1nc(CNC(C)(C)C)cs1. The van der Waals surface area contributed by atoms with Gasteiger partial charge in [0.05, 0.1) is 5.69 Å². The second kappa shape index (κ2) is 6.50. The fourth-order valence-electron chi connectivity index (χ4n) is 1.35. The number of likely N-dealkylation sites (N-methyl/N-ethyl adjacent to an activating group) is 2. The van der Waals surface area contributed by atoms with Crippen LogP contribution in [0.2, 0.25) is 0 Å². The minimum Gasteiger partial charge on any atom is -0.350 e. The molecule has 1 heterocycles. The van der Waals surface area contributed by atoms with Crippen molar-refractivity contribution in [2.45, 2.75) is 32.9 Å². The molecule has 18 heavy (non-hydrogen) atoms. The van der Waals surface area contributed by atoms with Crippen LogP contribution in [-0.4, -0.2) is 49.7 Å². The third-order valence-electron chi connectivity index (χ3n) is 2.55. The average molecular weight is 270 g/mol. The average Bonchev–Trinajstić information content (AvgIpc) is 2.70. The van der Waals surface area contributed by atoms with Crippen LogP contribution in [0.3, 0.4) is 0 Å². The summed E-state index contributed by atoms with van der Waals surface area (Å²) in [5.41, 5.74) is 1.27. The second-order valence-electron chi connectivity index (χ2n) is 5.95. The highest BCUT2D eigenvalue weighted by atomic mass is 32.1. The number of nitrogens with one attached hydrogen (secondary N) is 1. The van der Waals surface area contributed by atoms with Gasteiger partial charge in [0.25, 0.3) is 0 Å². The molecule has 4 nitrogen and oxygen atoms in total. The first-order valence-corrected chi connectivity index (χ1v) is 7.21. The van der Waals surface area contributed by atoms with Crippen LogP contribution in [0.1, 0.15) is 26.5 Å². The van der Waals surface area contributed by atoms with Gasteiger partial charge >= 0.3 is 0 Å². The highest BCUT2D eigenvalue weighted by Gasteiger charge is 2.11. The van der Waals surface area contributed by atoms with E-state index in [9.17, 15) is 0 Å². The lowest BCUT2D eigenvalue weighted by molar-refractivity contribution is 0.416. The Balaban J connectivity index is 2.47. The Labute approximate surface area is 115 Å². The molecule has 1 aromatic heterocycles. The Morgan fingerprint density at radius 1 is 1.22 bits per heavy atom. The van der Waals surface area contributed by atoms with Gasteiger partial charge in [-0.25, -0.2) is 4.98 Å². The summed E-state index contributed by atoms with van der Waals surface area (Å²) in [5, 5.41) is 6.70. The first-order valence-electron chi connectivity index (χ1n) is 6.33. The highest BCUT2D eigenvalue weighted by Crippen LogP contribution is 2.19. The van der Waals surface area contributed by atoms with E-state index in [-0.39, 0.29) is 5.54 Å². The Morgan fingerprint density at radius 3 is 2.44 bits per heavy atom. The van der Waals surface area contributed by atoms with Gasteiger partial charge < -0.3 is 15.1 Å². The maximum Gasteiger partial charge on any atom is 0.185 e. The van der Waals surface area contributed by atoms with Crippen molar-refractivity contribution in [1.29, 1.82) is 0 Å². The number of aromatic nitrogens is 1. The summed E-state index contributed by atoms with van der Waals surface area (Å²) in [5.74, 6) is 0. The lowest BCUT2D eigenvalue weighted by Gasteiger charge is -2.20. The van der Waals surface area contributed by atoms with Crippen molar-refractivity contribution in [3.05, 3.63) is 11.1 Å². The van der Waals surface area contributed by atoms with Crippen LogP contribution in [0.5, 0.6) is 0 Å². The van der Waals surface area contributed by atoms with Crippen LogP contribution in [0.15, 0.2) is 5.38 Å². The molecular formula is C13H26N4S. The summed E-state index contributed by atoms with van der Waals surface area (Å²) in [6.07, 6.45) is 0. The standard InChI is InChI=1S/C13H26N4S/c1-13(2,3)14-9-11-10-18-12(15-11)17(6)8-7-16(4)5/h10,14H,7-9H2,1-6H3. The number of thiazole rings is 1. The number of hydrogen-bond acceptors (Lipinski definition) is 5. The Kier molecular flexibility index (Phi) is 5.56. The van der Waals surface area contributed by atoms with E-state index in [2.05, 4.69) is 67.4 Å². The Bertz CT molecular complexity index is 354. The molecule has 0 fully saturated rings. The molecule has 0 spiro atoms. The van der Waals surface area contributed by atoms with Crippen LogP contribution < -0.4 is 10.2 Å². The molecule has 0 unspecified atom stereocenters. The molecule has 5 heteroatoms. The fourth-order valence-corrected chi connectivity index (χ4v) is 2.17. The summed E-state index contributed by atoms with van der Waals surface area (Å²) >= 11 is 1.72. The van der Waals surface area contributed by atoms with Crippen molar-refractivity contribution in [3.63, 3.8) is 0 Å². The number of nitrogens with zero attached hydrogens (tertiary/aromatic N) is 3. The van der Waals surface area contributed by atoms with Crippen LogP contribution >= 0.6 is 11.3 Å². The van der Waals surface area contributed by atoms with Crippen molar-refractivity contribution in [2.24, 2.45) is 0 Å². The third kappa shape index (κ3) is 5.80. The van der Waals surface area contributed by atoms with Gasteiger partial charge in [0, 0.05) is 37.6 Å². The van der Waals surface area contributed by atoms with Gasteiger partial charge in [-0.3, -0.25) is 0 Å². The molecule has 0 aromatic carbocycles. The molecule has 1 rings (SSSR count). The van der Waals surface area contributed by atoms with Gasteiger partial charge in [0.2, 0.25) is 0 Å². The lowest BCUT2D eigenvalue weighted by Crippen LogP contribution is -2.35. The van der Waals surface area contributed by atoms with Crippen LogP contribution in [0.4, 0.5) is 5.13 Å². The molecule has 0 aliphatic rings. The molecule has 0 saturated carbocycles. The molecule has 104 valence electrons. The summed E-state index contributed by atoms with van der Waals surface area (Å²) in [4.78, 5) is 9.05. The van der Waals surface area contributed by atoms with Crippen LogP contribution in [0.25, 0.3) is 0 Å². The van der Waals surface area contributed by atoms with Gasteiger partial charge in [-0.1, -0.05) is 0 Å². The van der Waals surface area contributed by atoms with E-state index in [4.69, 9.17) is 0 Å². The smallest absolute Gasteiger partial charge is 0.185 e. The van der Waals surface area contributed by atoms with E-state index < -0.39 is 0 Å². The topological polar surface area (TPSA) is 31.4 Å². The van der Waals surface area contributed by atoms with Crippen LogP contribution in [-0.2, 0) is 6.54 Å². The van der Waals surface area contributed by atoms with E-state index in [1.807, 2.05) is 0 Å². The molecule has 0 saturated heterocycles. The molecule has 0 bridgehead atoms. The highest BCUT2D eigenvalue weighted by molar-refractivity contribution is 7.13. The molecule has 0 aliphatic carbocycles. The zero-order valence-electron chi connectivity index (χ0n) is 12.4. The largest absolute Gasteiger partial charge is 0.350 e. The minimum atomic E-state index is 0.139. The van der Waals surface area contributed by atoms with Gasteiger partial charge in [-0.2, -0.15) is 0 Å². The number of hydrogen-bond donors (Lipinski definition) is 1. The molecule has 1 N–H and O–H groups in total. The van der Waals surface area contributed by atoms with Gasteiger partial charge in [-0.05, 0) is 34.9 Å². The summed E-state index contributed by atoms with van der Waals surface area (Å²) in [6.45, 7) is 9.40. The first kappa shape index (κ1) is 15.4. The molecule has 0 atom stereocenters. The van der Waals surface area contributed by atoms with Gasteiger partial charge in [0.15, 0.2) is 5.13 Å². The summed E-state index contributed by atoms with van der Waals surface area (Å²) in [7, 11) is 6.28. The van der Waals surface area contributed by atoms with Gasteiger partial charge in [0.1, 0.15) is 0 Å². The first-order chi connectivity index (χ1) is 8.28. The van der Waals surface area contributed by atoms with Crippen molar-refractivity contribution in [3.8, 4) is 0 Å². The molecule has 0 amide bonds. The molecule has 1 aromatic rings. The minimum absolute atomic E-state index is 0.139. The van der Waals surface area contributed by atoms with E-state index in [1.165, 1.54) is 0 Å². The fraction of sp³-hybridized carbons (Fsp3) is 0.769. The zero-order chi connectivity index (χ0) is 13.8. The Hall–Kier alpha value is -0.650. The summed E-state index contributed by atoms with van der Waals surface area (Å²) in [6, 6.07) is 0. The predicted molar refractivity (Wildman–Crippen MR) is 80.5 cm³/mol. The lowest BCUT2D eigenvalue weighted by atomic mass is 10.1. The van der Waals surface area contributed by atoms with Gasteiger partial charge in [-0.15, -0.1) is 11.3 Å². The monoisotopic (exact) mass is 270 g/mol. The normalized spacial score (nSPS) is 12.2. The van der Waals surface area contributed by atoms with Crippen molar-refractivity contribution in [1.82, 2.24) is 15.2 Å². The van der Waals surface area contributed by atoms with Crippen molar-refractivity contribution in [2.75, 3.05) is 39.1 Å². The maximum absolute atomic E-state index is 4.65. The maximum atomic E-state index is 4.65. The predicted octanol–water partition coefficient (Wildman–Crippen LogP) is 2.03. The number of anilines is 1. The van der Waals surface area contributed by atoms with Crippen LogP contribution in [0, 0.1) is 0 Å². The zero-order valence-corrected chi connectivity index (χ0v) is 13.3.